The predicted octanol–water partition coefficient (Wildman–Crippen LogP) is 4.38. The van der Waals surface area contributed by atoms with Crippen molar-refractivity contribution in [2.24, 2.45) is 11.8 Å². The van der Waals surface area contributed by atoms with Gasteiger partial charge >= 0.3 is 0 Å². The maximum atomic E-state index is 13.9. The van der Waals surface area contributed by atoms with Gasteiger partial charge in [0.25, 0.3) is 0 Å². The summed E-state index contributed by atoms with van der Waals surface area (Å²) < 4.78 is 13.9. The first-order valence-corrected chi connectivity index (χ1v) is 7.06. The molecule has 1 saturated carbocycles. The zero-order chi connectivity index (χ0) is 13.1. The molecule has 0 aliphatic heterocycles. The minimum atomic E-state index is -0.639. The molecule has 1 N–H and O–H groups in total. The standard InChI is InChI=1S/C16H23FO/c1-3-12-5-4-6-13(10-12)16(18)14-8-7-11(2)9-15(14)17/h7-9,12-13,16,18H,3-6,10H2,1-2H3. The SMILES string of the molecule is CCC1CCCC(C(O)c2ccc(C)cc2F)C1. The van der Waals surface area contributed by atoms with E-state index in [-0.39, 0.29) is 11.7 Å². The Morgan fingerprint density at radius 1 is 1.39 bits per heavy atom. The highest BCUT2D eigenvalue weighted by Crippen LogP contribution is 2.39. The second kappa shape index (κ2) is 5.83. The maximum Gasteiger partial charge on any atom is 0.129 e. The third-order valence-electron chi connectivity index (χ3n) is 4.32. The van der Waals surface area contributed by atoms with Gasteiger partial charge in [0.2, 0.25) is 0 Å². The van der Waals surface area contributed by atoms with Gasteiger partial charge in [0.05, 0.1) is 6.10 Å². The molecule has 0 amide bonds. The fourth-order valence-corrected chi connectivity index (χ4v) is 3.12. The van der Waals surface area contributed by atoms with Crippen LogP contribution in [-0.4, -0.2) is 5.11 Å². The van der Waals surface area contributed by atoms with Crippen molar-refractivity contribution < 1.29 is 9.50 Å². The molecule has 0 saturated heterocycles. The third kappa shape index (κ3) is 2.92. The monoisotopic (exact) mass is 250 g/mol. The van der Waals surface area contributed by atoms with E-state index in [0.29, 0.717) is 11.5 Å². The molecule has 3 unspecified atom stereocenters. The molecule has 1 aliphatic rings. The van der Waals surface area contributed by atoms with Gasteiger partial charge in [0.15, 0.2) is 0 Å². The van der Waals surface area contributed by atoms with Crippen molar-refractivity contribution in [3.8, 4) is 0 Å². The van der Waals surface area contributed by atoms with Crippen LogP contribution < -0.4 is 0 Å². The van der Waals surface area contributed by atoms with Crippen molar-refractivity contribution in [1.29, 1.82) is 0 Å². The van der Waals surface area contributed by atoms with Crippen LogP contribution in [0.1, 0.15) is 56.3 Å². The van der Waals surface area contributed by atoms with Crippen molar-refractivity contribution >= 4 is 0 Å². The van der Waals surface area contributed by atoms with Gasteiger partial charge in [-0.1, -0.05) is 38.3 Å². The summed E-state index contributed by atoms with van der Waals surface area (Å²) in [4.78, 5) is 0. The van der Waals surface area contributed by atoms with Gasteiger partial charge < -0.3 is 5.11 Å². The molecule has 1 aliphatic carbocycles. The molecule has 100 valence electrons. The number of hydrogen-bond acceptors (Lipinski definition) is 1. The summed E-state index contributed by atoms with van der Waals surface area (Å²) in [7, 11) is 0. The number of aryl methyl sites for hydroxylation is 1. The Labute approximate surface area is 109 Å². The zero-order valence-electron chi connectivity index (χ0n) is 11.3. The summed E-state index contributed by atoms with van der Waals surface area (Å²) >= 11 is 0. The number of rotatable bonds is 3. The first kappa shape index (κ1) is 13.5. The quantitative estimate of drug-likeness (QED) is 0.843. The van der Waals surface area contributed by atoms with E-state index < -0.39 is 6.10 Å². The van der Waals surface area contributed by atoms with Gasteiger partial charge in [0.1, 0.15) is 5.82 Å². The van der Waals surface area contributed by atoms with Gasteiger partial charge in [-0.05, 0) is 43.2 Å². The fraction of sp³-hybridized carbons (Fsp3) is 0.625. The minimum absolute atomic E-state index is 0.223. The lowest BCUT2D eigenvalue weighted by Gasteiger charge is -2.32. The van der Waals surface area contributed by atoms with E-state index in [2.05, 4.69) is 6.92 Å². The van der Waals surface area contributed by atoms with Crippen LogP contribution in [0.3, 0.4) is 0 Å². The highest BCUT2D eigenvalue weighted by molar-refractivity contribution is 5.25. The lowest BCUT2D eigenvalue weighted by molar-refractivity contribution is 0.0650. The highest BCUT2D eigenvalue weighted by atomic mass is 19.1. The summed E-state index contributed by atoms with van der Waals surface area (Å²) in [6.07, 6.45) is 5.00. The predicted molar refractivity (Wildman–Crippen MR) is 71.8 cm³/mol. The molecule has 0 heterocycles. The number of benzene rings is 1. The van der Waals surface area contributed by atoms with Crippen LogP contribution in [0.15, 0.2) is 18.2 Å². The average molecular weight is 250 g/mol. The summed E-state index contributed by atoms with van der Waals surface area (Å²) in [6.45, 7) is 4.07. The molecule has 1 aromatic rings. The molecular formula is C16H23FO. The first-order chi connectivity index (χ1) is 8.61. The van der Waals surface area contributed by atoms with Crippen LogP contribution in [0.5, 0.6) is 0 Å². The molecule has 1 fully saturated rings. The lowest BCUT2D eigenvalue weighted by atomic mass is 9.76. The van der Waals surface area contributed by atoms with E-state index in [1.165, 1.54) is 18.9 Å². The van der Waals surface area contributed by atoms with E-state index >= 15 is 0 Å². The summed E-state index contributed by atoms with van der Waals surface area (Å²) in [5.41, 5.74) is 1.38. The summed E-state index contributed by atoms with van der Waals surface area (Å²) in [6, 6.07) is 5.13. The second-order valence-electron chi connectivity index (χ2n) is 5.67. The van der Waals surface area contributed by atoms with Crippen LogP contribution in [0.25, 0.3) is 0 Å². The molecule has 18 heavy (non-hydrogen) atoms. The average Bonchev–Trinajstić information content (AvgIpc) is 2.38. The van der Waals surface area contributed by atoms with Gasteiger partial charge in [-0.15, -0.1) is 0 Å². The van der Waals surface area contributed by atoms with Gasteiger partial charge in [-0.3, -0.25) is 0 Å². The Bertz CT molecular complexity index is 402. The van der Waals surface area contributed by atoms with Crippen LogP contribution >= 0.6 is 0 Å². The van der Waals surface area contributed by atoms with Crippen molar-refractivity contribution in [2.45, 2.75) is 52.1 Å². The fourth-order valence-electron chi connectivity index (χ4n) is 3.12. The molecule has 3 atom stereocenters. The summed E-state index contributed by atoms with van der Waals surface area (Å²) in [5.74, 6) is 0.661. The summed E-state index contributed by atoms with van der Waals surface area (Å²) in [5, 5.41) is 10.4. The van der Waals surface area contributed by atoms with Crippen molar-refractivity contribution in [3.63, 3.8) is 0 Å². The minimum Gasteiger partial charge on any atom is -0.388 e. The van der Waals surface area contributed by atoms with E-state index in [1.54, 1.807) is 6.07 Å². The molecule has 1 aromatic carbocycles. The van der Waals surface area contributed by atoms with Crippen molar-refractivity contribution in [2.75, 3.05) is 0 Å². The van der Waals surface area contributed by atoms with Crippen LogP contribution in [0.2, 0.25) is 0 Å². The van der Waals surface area contributed by atoms with Gasteiger partial charge in [-0.2, -0.15) is 0 Å². The van der Waals surface area contributed by atoms with Crippen LogP contribution in [0, 0.1) is 24.6 Å². The topological polar surface area (TPSA) is 20.2 Å². The van der Waals surface area contributed by atoms with E-state index in [1.807, 2.05) is 13.0 Å². The zero-order valence-corrected chi connectivity index (χ0v) is 11.3. The van der Waals surface area contributed by atoms with Crippen molar-refractivity contribution in [1.82, 2.24) is 0 Å². The van der Waals surface area contributed by atoms with Crippen LogP contribution in [0.4, 0.5) is 4.39 Å². The smallest absolute Gasteiger partial charge is 0.129 e. The lowest BCUT2D eigenvalue weighted by Crippen LogP contribution is -2.22. The Morgan fingerprint density at radius 3 is 2.83 bits per heavy atom. The Hall–Kier alpha value is -0.890. The van der Waals surface area contributed by atoms with Crippen molar-refractivity contribution in [3.05, 3.63) is 35.1 Å². The molecule has 0 bridgehead atoms. The Morgan fingerprint density at radius 2 is 2.17 bits per heavy atom. The van der Waals surface area contributed by atoms with E-state index in [9.17, 15) is 9.50 Å². The number of hydrogen-bond donors (Lipinski definition) is 1. The van der Waals surface area contributed by atoms with E-state index in [0.717, 1.165) is 24.8 Å². The molecule has 2 rings (SSSR count). The molecule has 0 aromatic heterocycles. The Kier molecular flexibility index (Phi) is 4.39. The first-order valence-electron chi connectivity index (χ1n) is 7.06. The third-order valence-corrected chi connectivity index (χ3v) is 4.32. The molecule has 0 radical (unpaired) electrons. The number of aliphatic hydroxyl groups excluding tert-OH is 1. The normalized spacial score (nSPS) is 26.0. The van der Waals surface area contributed by atoms with Gasteiger partial charge in [-0.25, -0.2) is 4.39 Å². The van der Waals surface area contributed by atoms with Gasteiger partial charge in [0, 0.05) is 5.56 Å². The molecule has 0 spiro atoms. The Balaban J connectivity index is 2.12. The molecule has 2 heteroatoms. The highest BCUT2D eigenvalue weighted by Gasteiger charge is 2.28. The largest absolute Gasteiger partial charge is 0.388 e. The number of halogens is 1. The number of aliphatic hydroxyl groups is 1. The van der Waals surface area contributed by atoms with E-state index in [4.69, 9.17) is 0 Å². The molecular weight excluding hydrogens is 227 g/mol. The van der Waals surface area contributed by atoms with Crippen LogP contribution in [-0.2, 0) is 0 Å². The second-order valence-corrected chi connectivity index (χ2v) is 5.67. The maximum absolute atomic E-state index is 13.9. The molecule has 1 nitrogen and oxygen atoms in total.